The molecular weight excluding hydrogens is 805 g/mol. The topological polar surface area (TPSA) is 78.9 Å². The Morgan fingerprint density at radius 3 is 0.892 bits per heavy atom. The highest BCUT2D eigenvalue weighted by Crippen LogP contribution is 2.17. The van der Waals surface area contributed by atoms with E-state index in [2.05, 4.69) is 57.2 Å². The van der Waals surface area contributed by atoms with Crippen molar-refractivity contribution in [3.63, 3.8) is 0 Å². The number of carbonyl (C=O) groups is 3. The lowest BCUT2D eigenvalue weighted by molar-refractivity contribution is -0.167. The molecule has 0 aromatic carbocycles. The molecular formula is C59H108O6. The highest BCUT2D eigenvalue weighted by Gasteiger charge is 2.19. The zero-order valence-corrected chi connectivity index (χ0v) is 43.5. The van der Waals surface area contributed by atoms with Crippen molar-refractivity contribution >= 4 is 17.9 Å². The Balaban J connectivity index is 4.37. The van der Waals surface area contributed by atoms with E-state index in [1.54, 1.807) is 0 Å². The Morgan fingerprint density at radius 1 is 0.308 bits per heavy atom. The van der Waals surface area contributed by atoms with Crippen molar-refractivity contribution in [2.45, 2.75) is 309 Å². The summed E-state index contributed by atoms with van der Waals surface area (Å²) in [4.78, 5) is 38.1. The van der Waals surface area contributed by atoms with Gasteiger partial charge in [-0.1, -0.05) is 263 Å². The molecule has 0 saturated carbocycles. The first kappa shape index (κ1) is 62.6. The summed E-state index contributed by atoms with van der Waals surface area (Å²) in [6.45, 7) is 6.63. The van der Waals surface area contributed by atoms with E-state index in [1.165, 1.54) is 180 Å². The molecule has 0 fully saturated rings. The quantitative estimate of drug-likeness (QED) is 0.0262. The van der Waals surface area contributed by atoms with E-state index in [1.807, 2.05) is 0 Å². The van der Waals surface area contributed by atoms with Crippen molar-refractivity contribution < 1.29 is 28.6 Å². The number of carbonyl (C=O) groups excluding carboxylic acids is 3. The molecule has 6 nitrogen and oxygen atoms in total. The Bertz CT molecular complexity index is 1090. The molecule has 0 unspecified atom stereocenters. The average Bonchev–Trinajstić information content (AvgIpc) is 3.30. The van der Waals surface area contributed by atoms with Gasteiger partial charge in [0.05, 0.1) is 0 Å². The molecule has 0 aromatic heterocycles. The SMILES string of the molecule is CCCCC/C=C/C/C=C/C/C=C/CCCCCCC(=O)OC[C@@H](COC(=O)CCCCCCCCCCCCCCCC)OC(=O)CCCCCCCCCCCCCCCCCC. The molecule has 380 valence electrons. The van der Waals surface area contributed by atoms with Gasteiger partial charge in [-0.25, -0.2) is 0 Å². The summed E-state index contributed by atoms with van der Waals surface area (Å²) in [5.74, 6) is -0.878. The standard InChI is InChI=1S/C59H108O6/c1-4-7-10-13-16-19-22-25-28-30-32-34-37-40-43-46-49-52-58(61)64-55-56(54-63-57(60)51-48-45-42-39-36-33-27-24-21-18-15-12-9-6-3)65-59(62)53-50-47-44-41-38-35-31-29-26-23-20-17-14-11-8-5-2/h16,19,25,28,32,34,56H,4-15,17-18,20-24,26-27,29-31,33,35-55H2,1-3H3/b19-16+,28-25+,34-32+/t56-/m1/s1. The van der Waals surface area contributed by atoms with Crippen LogP contribution in [-0.4, -0.2) is 37.2 Å². The van der Waals surface area contributed by atoms with Gasteiger partial charge in [-0.3, -0.25) is 14.4 Å². The molecule has 0 aliphatic rings. The second kappa shape index (κ2) is 54.2. The number of hydrogen-bond acceptors (Lipinski definition) is 6. The first-order valence-electron chi connectivity index (χ1n) is 28.5. The molecule has 0 aliphatic carbocycles. The van der Waals surface area contributed by atoms with Crippen LogP contribution < -0.4 is 0 Å². The van der Waals surface area contributed by atoms with Crippen LogP contribution >= 0.6 is 0 Å². The Labute approximate surface area is 404 Å². The third kappa shape index (κ3) is 52.5. The van der Waals surface area contributed by atoms with E-state index in [0.717, 1.165) is 83.5 Å². The van der Waals surface area contributed by atoms with E-state index in [-0.39, 0.29) is 31.1 Å². The molecule has 0 heterocycles. The van der Waals surface area contributed by atoms with Crippen LogP contribution in [0.5, 0.6) is 0 Å². The van der Waals surface area contributed by atoms with Gasteiger partial charge >= 0.3 is 17.9 Å². The molecule has 0 amide bonds. The number of allylic oxidation sites excluding steroid dienone is 6. The predicted molar refractivity (Wildman–Crippen MR) is 279 cm³/mol. The maximum absolute atomic E-state index is 12.8. The number of unbranched alkanes of at least 4 members (excludes halogenated alkanes) is 35. The van der Waals surface area contributed by atoms with E-state index < -0.39 is 6.10 Å². The molecule has 0 N–H and O–H groups in total. The van der Waals surface area contributed by atoms with Crippen LogP contribution in [0.25, 0.3) is 0 Å². The van der Waals surface area contributed by atoms with Crippen molar-refractivity contribution in [1.82, 2.24) is 0 Å². The normalized spacial score (nSPS) is 12.2. The Kier molecular flexibility index (Phi) is 52.3. The minimum absolute atomic E-state index is 0.0745. The molecule has 0 aliphatic heterocycles. The summed E-state index contributed by atoms with van der Waals surface area (Å²) >= 11 is 0. The van der Waals surface area contributed by atoms with Gasteiger partial charge in [-0.2, -0.15) is 0 Å². The molecule has 0 radical (unpaired) electrons. The average molecular weight is 914 g/mol. The molecule has 0 aromatic rings. The number of esters is 3. The van der Waals surface area contributed by atoms with Gasteiger partial charge in [0.25, 0.3) is 0 Å². The largest absolute Gasteiger partial charge is 0.462 e. The number of hydrogen-bond donors (Lipinski definition) is 0. The smallest absolute Gasteiger partial charge is 0.306 e. The Morgan fingerprint density at radius 2 is 0.554 bits per heavy atom. The van der Waals surface area contributed by atoms with Crippen molar-refractivity contribution in [3.8, 4) is 0 Å². The van der Waals surface area contributed by atoms with Crippen LogP contribution in [0.3, 0.4) is 0 Å². The molecule has 0 saturated heterocycles. The predicted octanol–water partition coefficient (Wildman–Crippen LogP) is 18.9. The van der Waals surface area contributed by atoms with E-state index in [9.17, 15) is 14.4 Å². The maximum Gasteiger partial charge on any atom is 0.306 e. The van der Waals surface area contributed by atoms with Gasteiger partial charge in [0.15, 0.2) is 6.10 Å². The summed E-state index contributed by atoms with van der Waals surface area (Å²) in [7, 11) is 0. The summed E-state index contributed by atoms with van der Waals surface area (Å²) < 4.78 is 16.9. The molecule has 65 heavy (non-hydrogen) atoms. The maximum atomic E-state index is 12.8. The van der Waals surface area contributed by atoms with Crippen molar-refractivity contribution in [3.05, 3.63) is 36.5 Å². The van der Waals surface area contributed by atoms with Crippen LogP contribution in [0, 0.1) is 0 Å². The van der Waals surface area contributed by atoms with Gasteiger partial charge in [0, 0.05) is 19.3 Å². The van der Waals surface area contributed by atoms with Gasteiger partial charge in [0.2, 0.25) is 0 Å². The fourth-order valence-electron chi connectivity index (χ4n) is 8.33. The molecule has 0 spiro atoms. The minimum atomic E-state index is -0.776. The van der Waals surface area contributed by atoms with E-state index >= 15 is 0 Å². The fourth-order valence-corrected chi connectivity index (χ4v) is 8.33. The van der Waals surface area contributed by atoms with Crippen molar-refractivity contribution in [1.29, 1.82) is 0 Å². The Hall–Kier alpha value is -2.37. The third-order valence-electron chi connectivity index (χ3n) is 12.6. The first-order valence-corrected chi connectivity index (χ1v) is 28.5. The first-order chi connectivity index (χ1) is 32.0. The molecule has 0 bridgehead atoms. The second-order valence-electron chi connectivity index (χ2n) is 19.2. The zero-order valence-electron chi connectivity index (χ0n) is 43.5. The second-order valence-corrected chi connectivity index (χ2v) is 19.2. The van der Waals surface area contributed by atoms with E-state index in [4.69, 9.17) is 14.2 Å². The molecule has 1 atom stereocenters. The third-order valence-corrected chi connectivity index (χ3v) is 12.6. The minimum Gasteiger partial charge on any atom is -0.462 e. The van der Waals surface area contributed by atoms with Crippen LogP contribution in [0.15, 0.2) is 36.5 Å². The highest BCUT2D eigenvalue weighted by atomic mass is 16.6. The molecule has 0 rings (SSSR count). The number of ether oxygens (including phenoxy) is 3. The lowest BCUT2D eigenvalue weighted by atomic mass is 10.0. The summed E-state index contributed by atoms with van der Waals surface area (Å²) in [6, 6.07) is 0. The monoisotopic (exact) mass is 913 g/mol. The lowest BCUT2D eigenvalue weighted by Crippen LogP contribution is -2.30. The van der Waals surface area contributed by atoms with Crippen LogP contribution in [-0.2, 0) is 28.6 Å². The summed E-state index contributed by atoms with van der Waals surface area (Å²) in [6.07, 6.45) is 64.1. The summed E-state index contributed by atoms with van der Waals surface area (Å²) in [5, 5.41) is 0. The number of rotatable bonds is 52. The van der Waals surface area contributed by atoms with Crippen LogP contribution in [0.4, 0.5) is 0 Å². The van der Waals surface area contributed by atoms with Crippen molar-refractivity contribution in [2.75, 3.05) is 13.2 Å². The summed E-state index contributed by atoms with van der Waals surface area (Å²) in [5.41, 5.74) is 0. The van der Waals surface area contributed by atoms with Gasteiger partial charge in [-0.05, 0) is 57.8 Å². The van der Waals surface area contributed by atoms with Gasteiger partial charge < -0.3 is 14.2 Å². The lowest BCUT2D eigenvalue weighted by Gasteiger charge is -2.18. The van der Waals surface area contributed by atoms with Gasteiger partial charge in [0.1, 0.15) is 13.2 Å². The van der Waals surface area contributed by atoms with Crippen LogP contribution in [0.2, 0.25) is 0 Å². The van der Waals surface area contributed by atoms with Gasteiger partial charge in [-0.15, -0.1) is 0 Å². The fraction of sp³-hybridized carbons (Fsp3) is 0.847. The van der Waals surface area contributed by atoms with Crippen LogP contribution in [0.1, 0.15) is 303 Å². The van der Waals surface area contributed by atoms with E-state index in [0.29, 0.717) is 19.3 Å². The van der Waals surface area contributed by atoms with Crippen molar-refractivity contribution in [2.24, 2.45) is 0 Å². The highest BCUT2D eigenvalue weighted by molar-refractivity contribution is 5.71. The molecule has 6 heteroatoms. The zero-order chi connectivity index (χ0) is 47.2.